The Labute approximate surface area is 113 Å². The lowest BCUT2D eigenvalue weighted by Crippen LogP contribution is -2.36. The van der Waals surface area contributed by atoms with Crippen molar-refractivity contribution in [1.82, 2.24) is 4.90 Å². The van der Waals surface area contributed by atoms with Gasteiger partial charge in [-0.3, -0.25) is 0 Å². The first-order valence-electron chi connectivity index (χ1n) is 6.73. The highest BCUT2D eigenvalue weighted by atomic mass is 18.2. The summed E-state index contributed by atoms with van der Waals surface area (Å²) in [5, 5.41) is 8.71. The van der Waals surface area contributed by atoms with Crippen molar-refractivity contribution in [3.05, 3.63) is 29.8 Å². The van der Waals surface area contributed by atoms with Gasteiger partial charge in [-0.25, -0.2) is 4.39 Å². The predicted octanol–water partition coefficient (Wildman–Crippen LogP) is 2.62. The second kappa shape index (κ2) is 7.10. The van der Waals surface area contributed by atoms with Crippen LogP contribution in [0.2, 0.25) is 0 Å². The number of nitriles is 1. The predicted molar refractivity (Wildman–Crippen MR) is 71.8 cm³/mol. The van der Waals surface area contributed by atoms with Crippen LogP contribution < -0.4 is 4.74 Å². The smallest absolute Gasteiger partial charge is 0.119 e. The molecule has 1 aliphatic heterocycles. The molecule has 0 amide bonds. The standard InChI is InChI=1S/C15H19FN2O/c16-7-10-18-8-5-14(6-9-18)12-19-15-3-1-13(11-17)2-4-15/h1-4,14H,5-10,12H2/i16-1. The molecule has 0 bridgehead atoms. The summed E-state index contributed by atoms with van der Waals surface area (Å²) in [6.07, 6.45) is 2.13. The van der Waals surface area contributed by atoms with E-state index in [2.05, 4.69) is 11.0 Å². The molecule has 0 aliphatic carbocycles. The first kappa shape index (κ1) is 13.8. The van der Waals surface area contributed by atoms with E-state index in [1.807, 2.05) is 12.1 Å². The van der Waals surface area contributed by atoms with Crippen LogP contribution in [-0.4, -0.2) is 37.8 Å². The first-order valence-corrected chi connectivity index (χ1v) is 6.73. The fourth-order valence-electron chi connectivity index (χ4n) is 2.34. The molecule has 4 heteroatoms. The summed E-state index contributed by atoms with van der Waals surface area (Å²) >= 11 is 0. The molecule has 1 aromatic rings. The van der Waals surface area contributed by atoms with Crippen LogP contribution in [0.3, 0.4) is 0 Å². The molecule has 1 aliphatic rings. The molecular weight excluding hydrogens is 242 g/mol. The van der Waals surface area contributed by atoms with Gasteiger partial charge < -0.3 is 9.64 Å². The fourth-order valence-corrected chi connectivity index (χ4v) is 2.34. The molecule has 1 fully saturated rings. The Hall–Kier alpha value is -1.60. The summed E-state index contributed by atoms with van der Waals surface area (Å²) < 4.78 is 18.0. The third-order valence-electron chi connectivity index (χ3n) is 3.58. The number of halogens is 1. The number of alkyl halides is 1. The van der Waals surface area contributed by atoms with Crippen LogP contribution in [0.1, 0.15) is 18.4 Å². The molecule has 0 unspecified atom stereocenters. The number of hydrogen-bond acceptors (Lipinski definition) is 3. The summed E-state index contributed by atoms with van der Waals surface area (Å²) in [4.78, 5) is 2.16. The second-order valence-electron chi connectivity index (χ2n) is 4.92. The van der Waals surface area contributed by atoms with Gasteiger partial charge in [0.1, 0.15) is 12.4 Å². The lowest BCUT2D eigenvalue weighted by molar-refractivity contribution is 0.135. The SMILES string of the molecule is N#Cc1ccc(OCC2CCN(CC[18F])CC2)cc1. The Balaban J connectivity index is 1.73. The van der Waals surface area contributed by atoms with E-state index in [1.54, 1.807) is 12.1 Å². The highest BCUT2D eigenvalue weighted by Gasteiger charge is 2.19. The molecule has 1 aromatic carbocycles. The molecule has 3 nitrogen and oxygen atoms in total. The highest BCUT2D eigenvalue weighted by Crippen LogP contribution is 2.19. The molecule has 0 N–H and O–H groups in total. The van der Waals surface area contributed by atoms with Crippen LogP contribution in [0.5, 0.6) is 5.75 Å². The average molecular weight is 261 g/mol. The third kappa shape index (κ3) is 4.22. The van der Waals surface area contributed by atoms with E-state index < -0.39 is 0 Å². The van der Waals surface area contributed by atoms with E-state index in [4.69, 9.17) is 10.00 Å². The maximum atomic E-state index is 12.2. The summed E-state index contributed by atoms with van der Waals surface area (Å²) in [5.74, 6) is 1.36. The Morgan fingerprint density at radius 2 is 1.95 bits per heavy atom. The number of ether oxygens (including phenoxy) is 1. The minimum absolute atomic E-state index is 0.258. The maximum Gasteiger partial charge on any atom is 0.119 e. The highest BCUT2D eigenvalue weighted by molar-refractivity contribution is 5.34. The van der Waals surface area contributed by atoms with Crippen LogP contribution in [0.15, 0.2) is 24.3 Å². The van der Waals surface area contributed by atoms with Crippen LogP contribution in [0, 0.1) is 17.2 Å². The largest absolute Gasteiger partial charge is 0.493 e. The van der Waals surface area contributed by atoms with Crippen molar-refractivity contribution >= 4 is 0 Å². The van der Waals surface area contributed by atoms with Gasteiger partial charge in [-0.05, 0) is 56.1 Å². The quantitative estimate of drug-likeness (QED) is 0.817. The van der Waals surface area contributed by atoms with Crippen molar-refractivity contribution in [3.8, 4) is 11.8 Å². The van der Waals surface area contributed by atoms with Gasteiger partial charge in [0.2, 0.25) is 0 Å². The van der Waals surface area contributed by atoms with Gasteiger partial charge >= 0.3 is 0 Å². The van der Waals surface area contributed by atoms with Crippen molar-refractivity contribution in [1.29, 1.82) is 5.26 Å². The van der Waals surface area contributed by atoms with E-state index in [9.17, 15) is 4.39 Å². The third-order valence-corrected chi connectivity index (χ3v) is 3.58. The Bertz CT molecular complexity index is 419. The van der Waals surface area contributed by atoms with Gasteiger partial charge in [0.05, 0.1) is 18.2 Å². The number of piperidine rings is 1. The lowest BCUT2D eigenvalue weighted by atomic mass is 9.98. The van der Waals surface area contributed by atoms with Crippen molar-refractivity contribution in [2.24, 2.45) is 5.92 Å². The van der Waals surface area contributed by atoms with Gasteiger partial charge in [-0.1, -0.05) is 0 Å². The Morgan fingerprint density at radius 1 is 1.26 bits per heavy atom. The van der Waals surface area contributed by atoms with Gasteiger partial charge in [0.25, 0.3) is 0 Å². The van der Waals surface area contributed by atoms with Crippen LogP contribution >= 0.6 is 0 Å². The molecule has 1 heterocycles. The maximum absolute atomic E-state index is 12.2. The van der Waals surface area contributed by atoms with E-state index in [1.165, 1.54) is 0 Å². The molecular formula is C15H19FN2O. The number of benzene rings is 1. The summed E-state index contributed by atoms with van der Waals surface area (Å²) in [5.41, 5.74) is 0.645. The number of likely N-dealkylation sites (tertiary alicyclic amines) is 1. The molecule has 0 atom stereocenters. The van der Waals surface area contributed by atoms with Crippen molar-refractivity contribution in [2.45, 2.75) is 12.8 Å². The summed E-state index contributed by atoms with van der Waals surface area (Å²) in [6, 6.07) is 9.27. The number of hydrogen-bond donors (Lipinski definition) is 0. The normalized spacial score (nSPS) is 17.1. The van der Waals surface area contributed by atoms with Crippen molar-refractivity contribution in [3.63, 3.8) is 0 Å². The Kier molecular flexibility index (Phi) is 5.17. The molecule has 0 saturated carbocycles. The van der Waals surface area contributed by atoms with Crippen LogP contribution in [-0.2, 0) is 0 Å². The van der Waals surface area contributed by atoms with Gasteiger partial charge in [0, 0.05) is 6.54 Å². The van der Waals surface area contributed by atoms with E-state index in [-0.39, 0.29) is 6.67 Å². The fraction of sp³-hybridized carbons (Fsp3) is 0.533. The molecule has 102 valence electrons. The molecule has 0 radical (unpaired) electrons. The van der Waals surface area contributed by atoms with Crippen LogP contribution in [0.25, 0.3) is 0 Å². The van der Waals surface area contributed by atoms with E-state index in [0.717, 1.165) is 31.7 Å². The van der Waals surface area contributed by atoms with Crippen molar-refractivity contribution in [2.75, 3.05) is 32.9 Å². The summed E-state index contributed by atoms with van der Waals surface area (Å²) in [6.45, 7) is 2.93. The van der Waals surface area contributed by atoms with Gasteiger partial charge in [-0.2, -0.15) is 5.26 Å². The zero-order valence-electron chi connectivity index (χ0n) is 11.0. The van der Waals surface area contributed by atoms with Gasteiger partial charge in [-0.15, -0.1) is 0 Å². The van der Waals surface area contributed by atoms with E-state index in [0.29, 0.717) is 24.6 Å². The average Bonchev–Trinajstić information content (AvgIpc) is 2.47. The monoisotopic (exact) mass is 261 g/mol. The van der Waals surface area contributed by atoms with Gasteiger partial charge in [0.15, 0.2) is 0 Å². The molecule has 19 heavy (non-hydrogen) atoms. The number of rotatable bonds is 5. The topological polar surface area (TPSA) is 36.3 Å². The second-order valence-corrected chi connectivity index (χ2v) is 4.92. The zero-order valence-corrected chi connectivity index (χ0v) is 11.0. The van der Waals surface area contributed by atoms with E-state index >= 15 is 0 Å². The lowest BCUT2D eigenvalue weighted by Gasteiger charge is -2.31. The molecule has 0 aromatic heterocycles. The Morgan fingerprint density at radius 3 is 2.53 bits per heavy atom. The molecule has 1 saturated heterocycles. The van der Waals surface area contributed by atoms with Crippen molar-refractivity contribution < 1.29 is 9.13 Å². The minimum Gasteiger partial charge on any atom is -0.493 e. The number of nitrogens with zero attached hydrogens (tertiary/aromatic N) is 2. The summed E-state index contributed by atoms with van der Waals surface area (Å²) in [7, 11) is 0. The molecule has 2 rings (SSSR count). The first-order chi connectivity index (χ1) is 9.31. The zero-order chi connectivity index (χ0) is 13.5. The minimum atomic E-state index is -0.258. The molecule has 0 spiro atoms. The van der Waals surface area contributed by atoms with Crippen LogP contribution in [0.4, 0.5) is 4.39 Å².